The van der Waals surface area contributed by atoms with Crippen molar-refractivity contribution in [2.24, 2.45) is 0 Å². The predicted molar refractivity (Wildman–Crippen MR) is 72.5 cm³/mol. The lowest BCUT2D eigenvalue weighted by Crippen LogP contribution is -2.48. The lowest BCUT2D eigenvalue weighted by Gasteiger charge is -2.08. The average molecular weight is 333 g/mol. The van der Waals surface area contributed by atoms with Gasteiger partial charge < -0.3 is 10.1 Å². The van der Waals surface area contributed by atoms with Gasteiger partial charge in [-0.05, 0) is 25.8 Å². The molecule has 22 heavy (non-hydrogen) atoms. The van der Waals surface area contributed by atoms with Gasteiger partial charge in [0.15, 0.2) is 0 Å². The van der Waals surface area contributed by atoms with Gasteiger partial charge in [0.05, 0.1) is 0 Å². The van der Waals surface area contributed by atoms with E-state index >= 15 is 0 Å². The predicted octanol–water partition coefficient (Wildman–Crippen LogP) is 0.698. The van der Waals surface area contributed by atoms with E-state index in [9.17, 15) is 23.2 Å². The monoisotopic (exact) mass is 333 g/mol. The number of ether oxygens (including phenoxy) is 1. The van der Waals surface area contributed by atoms with Crippen molar-refractivity contribution in [3.8, 4) is 5.75 Å². The van der Waals surface area contributed by atoms with E-state index in [1.54, 1.807) is 6.92 Å². The Morgan fingerprint density at radius 1 is 1.27 bits per heavy atom. The Hall–Kier alpha value is -2.23. The summed E-state index contributed by atoms with van der Waals surface area (Å²) in [4.78, 5) is 35.1. The SMILES string of the molecule is Cc1cc(OC(F)F)c(C(=O)NNC(=O)C(=O)NC2CC2)s1. The Kier molecular flexibility index (Phi) is 4.91. The van der Waals surface area contributed by atoms with Crippen LogP contribution in [-0.2, 0) is 9.59 Å². The van der Waals surface area contributed by atoms with Gasteiger partial charge in [-0.2, -0.15) is 8.78 Å². The van der Waals surface area contributed by atoms with Gasteiger partial charge in [-0.15, -0.1) is 11.3 Å². The van der Waals surface area contributed by atoms with Crippen LogP contribution in [0.4, 0.5) is 8.78 Å². The Bertz CT molecular complexity index is 601. The van der Waals surface area contributed by atoms with Gasteiger partial charge in [0.1, 0.15) is 10.6 Å². The molecule has 1 aliphatic rings. The van der Waals surface area contributed by atoms with Crippen LogP contribution in [0.5, 0.6) is 5.75 Å². The molecule has 1 heterocycles. The fourth-order valence-electron chi connectivity index (χ4n) is 1.54. The number of halogens is 2. The fourth-order valence-corrected chi connectivity index (χ4v) is 2.38. The zero-order chi connectivity index (χ0) is 16.3. The third-order valence-corrected chi connectivity index (χ3v) is 3.68. The highest BCUT2D eigenvalue weighted by atomic mass is 32.1. The summed E-state index contributed by atoms with van der Waals surface area (Å²) >= 11 is 0.923. The topological polar surface area (TPSA) is 96.5 Å². The molecule has 2 rings (SSSR count). The number of amides is 3. The van der Waals surface area contributed by atoms with E-state index in [0.29, 0.717) is 4.88 Å². The smallest absolute Gasteiger partial charge is 0.387 e. The van der Waals surface area contributed by atoms with Crippen LogP contribution >= 0.6 is 11.3 Å². The Balaban J connectivity index is 1.91. The molecule has 0 aliphatic heterocycles. The highest BCUT2D eigenvalue weighted by molar-refractivity contribution is 7.14. The van der Waals surface area contributed by atoms with Gasteiger partial charge in [-0.1, -0.05) is 0 Å². The quantitative estimate of drug-likeness (QED) is 0.558. The number of carbonyl (C=O) groups is 3. The van der Waals surface area contributed by atoms with Crippen molar-refractivity contribution in [1.82, 2.24) is 16.2 Å². The highest BCUT2D eigenvalue weighted by Crippen LogP contribution is 2.29. The van der Waals surface area contributed by atoms with Crippen LogP contribution in [0.1, 0.15) is 27.4 Å². The molecule has 0 bridgehead atoms. The van der Waals surface area contributed by atoms with E-state index < -0.39 is 24.3 Å². The van der Waals surface area contributed by atoms with Gasteiger partial charge >= 0.3 is 18.4 Å². The Morgan fingerprint density at radius 2 is 1.95 bits per heavy atom. The van der Waals surface area contributed by atoms with Crippen LogP contribution in [0.25, 0.3) is 0 Å². The first-order valence-electron chi connectivity index (χ1n) is 6.33. The summed E-state index contributed by atoms with van der Waals surface area (Å²) in [5.74, 6) is -3.04. The van der Waals surface area contributed by atoms with Gasteiger partial charge in [-0.3, -0.25) is 25.2 Å². The summed E-state index contributed by atoms with van der Waals surface area (Å²) in [5, 5.41) is 2.44. The Labute approximate surface area is 128 Å². The molecule has 1 aliphatic carbocycles. The van der Waals surface area contributed by atoms with Crippen LogP contribution in [0.3, 0.4) is 0 Å². The van der Waals surface area contributed by atoms with Gasteiger partial charge in [0, 0.05) is 10.9 Å². The molecule has 0 radical (unpaired) electrons. The number of hydrazine groups is 1. The van der Waals surface area contributed by atoms with Crippen molar-refractivity contribution < 1.29 is 27.9 Å². The van der Waals surface area contributed by atoms with Crippen molar-refractivity contribution >= 4 is 29.1 Å². The van der Waals surface area contributed by atoms with E-state index in [1.807, 2.05) is 10.9 Å². The third kappa shape index (κ3) is 4.38. The second kappa shape index (κ2) is 6.69. The van der Waals surface area contributed by atoms with E-state index in [2.05, 4.69) is 10.1 Å². The van der Waals surface area contributed by atoms with Crippen LogP contribution in [0.15, 0.2) is 6.07 Å². The number of aryl methyl sites for hydroxylation is 1. The third-order valence-electron chi connectivity index (χ3n) is 2.65. The number of hydrogen-bond acceptors (Lipinski definition) is 5. The van der Waals surface area contributed by atoms with Crippen LogP contribution in [0.2, 0.25) is 0 Å². The number of hydrogen-bond donors (Lipinski definition) is 3. The lowest BCUT2D eigenvalue weighted by molar-refractivity contribution is -0.139. The first-order valence-corrected chi connectivity index (χ1v) is 7.15. The fraction of sp³-hybridized carbons (Fsp3) is 0.417. The van der Waals surface area contributed by atoms with Crippen LogP contribution in [-0.4, -0.2) is 30.4 Å². The Morgan fingerprint density at radius 3 is 2.55 bits per heavy atom. The molecule has 0 atom stereocenters. The molecule has 0 aromatic carbocycles. The normalized spacial score (nSPS) is 13.6. The molecule has 0 unspecified atom stereocenters. The maximum atomic E-state index is 12.2. The second-order valence-electron chi connectivity index (χ2n) is 4.58. The zero-order valence-corrected chi connectivity index (χ0v) is 12.3. The van der Waals surface area contributed by atoms with E-state index in [4.69, 9.17) is 0 Å². The molecule has 3 N–H and O–H groups in total. The first-order chi connectivity index (χ1) is 10.4. The molecule has 1 saturated carbocycles. The molecule has 0 spiro atoms. The summed E-state index contributed by atoms with van der Waals surface area (Å²) in [6.07, 6.45) is 1.63. The summed E-state index contributed by atoms with van der Waals surface area (Å²) in [5.41, 5.74) is 3.90. The number of alkyl halides is 2. The number of thiophene rings is 1. The largest absolute Gasteiger partial charge is 0.433 e. The lowest BCUT2D eigenvalue weighted by atomic mass is 10.4. The van der Waals surface area contributed by atoms with E-state index in [0.717, 1.165) is 24.2 Å². The van der Waals surface area contributed by atoms with Crippen LogP contribution < -0.4 is 20.9 Å². The van der Waals surface area contributed by atoms with Gasteiger partial charge in [0.25, 0.3) is 5.91 Å². The summed E-state index contributed by atoms with van der Waals surface area (Å²) in [6, 6.07) is 1.29. The number of carbonyl (C=O) groups excluding carboxylic acids is 3. The molecule has 3 amide bonds. The van der Waals surface area contributed by atoms with Gasteiger partial charge in [-0.25, -0.2) is 0 Å². The number of nitrogens with one attached hydrogen (secondary N) is 3. The zero-order valence-electron chi connectivity index (χ0n) is 11.4. The van der Waals surface area contributed by atoms with Crippen molar-refractivity contribution in [2.75, 3.05) is 0 Å². The van der Waals surface area contributed by atoms with E-state index in [-0.39, 0.29) is 16.7 Å². The number of rotatable bonds is 4. The average Bonchev–Trinajstić information content (AvgIpc) is 3.17. The molecule has 1 aromatic rings. The standard InChI is InChI=1S/C12H13F2N3O4S/c1-5-4-7(21-12(13)14)8(22-5)9(18)16-17-11(20)10(19)15-6-2-3-6/h4,6,12H,2-3H2,1H3,(H,15,19)(H,16,18)(H,17,20). The molecule has 1 aromatic heterocycles. The molecule has 7 nitrogen and oxygen atoms in total. The van der Waals surface area contributed by atoms with Gasteiger partial charge in [0.2, 0.25) is 0 Å². The second-order valence-corrected chi connectivity index (χ2v) is 5.84. The van der Waals surface area contributed by atoms with Crippen molar-refractivity contribution in [2.45, 2.75) is 32.4 Å². The summed E-state index contributed by atoms with van der Waals surface area (Å²) in [6.45, 7) is -1.46. The first kappa shape index (κ1) is 16.1. The van der Waals surface area contributed by atoms with E-state index in [1.165, 1.54) is 6.07 Å². The highest BCUT2D eigenvalue weighted by Gasteiger charge is 2.27. The maximum absolute atomic E-state index is 12.2. The molecule has 120 valence electrons. The molecule has 1 fully saturated rings. The van der Waals surface area contributed by atoms with Crippen molar-refractivity contribution in [3.05, 3.63) is 15.8 Å². The van der Waals surface area contributed by atoms with Crippen LogP contribution in [0, 0.1) is 6.92 Å². The molecular weight excluding hydrogens is 320 g/mol. The summed E-state index contributed by atoms with van der Waals surface area (Å²) < 4.78 is 28.7. The maximum Gasteiger partial charge on any atom is 0.387 e. The van der Waals surface area contributed by atoms with Crippen molar-refractivity contribution in [1.29, 1.82) is 0 Å². The van der Waals surface area contributed by atoms with Crippen molar-refractivity contribution in [3.63, 3.8) is 0 Å². The summed E-state index contributed by atoms with van der Waals surface area (Å²) in [7, 11) is 0. The molecule has 0 saturated heterocycles. The molecular formula is C12H13F2N3O4S. The molecule has 10 heteroatoms. The minimum atomic E-state index is -3.07. The minimum absolute atomic E-state index is 0.0000541. The minimum Gasteiger partial charge on any atom is -0.433 e.